The largest absolute Gasteiger partial charge is 0.496 e. The standard InChI is InChI=1S/C14H16N2O3/c1-9-12(5-6-19-9)14(17)16-8-10-7-11(15)3-4-13(10)18-2/h3-7H,8,15H2,1-2H3,(H,16,17). The molecule has 0 aliphatic rings. The quantitative estimate of drug-likeness (QED) is 0.825. The van der Waals surface area contributed by atoms with Crippen LogP contribution in [0, 0.1) is 6.92 Å². The van der Waals surface area contributed by atoms with Crippen LogP contribution in [0.25, 0.3) is 0 Å². The second kappa shape index (κ2) is 5.48. The van der Waals surface area contributed by atoms with Crippen molar-refractivity contribution in [2.24, 2.45) is 0 Å². The summed E-state index contributed by atoms with van der Waals surface area (Å²) in [5.41, 5.74) is 7.71. The molecule has 0 bridgehead atoms. The average Bonchev–Trinajstić information content (AvgIpc) is 2.82. The second-order valence-electron chi connectivity index (χ2n) is 4.14. The molecule has 19 heavy (non-hydrogen) atoms. The van der Waals surface area contributed by atoms with Gasteiger partial charge in [-0.25, -0.2) is 0 Å². The first-order chi connectivity index (χ1) is 9.11. The molecule has 0 aliphatic heterocycles. The summed E-state index contributed by atoms with van der Waals surface area (Å²) in [5, 5.41) is 2.81. The van der Waals surface area contributed by atoms with Crippen LogP contribution in [0.4, 0.5) is 5.69 Å². The number of benzene rings is 1. The van der Waals surface area contributed by atoms with Gasteiger partial charge in [-0.1, -0.05) is 0 Å². The van der Waals surface area contributed by atoms with E-state index in [1.807, 2.05) is 0 Å². The third kappa shape index (κ3) is 2.88. The Bertz CT molecular complexity index is 590. The molecule has 0 saturated carbocycles. The van der Waals surface area contributed by atoms with Gasteiger partial charge in [-0.3, -0.25) is 4.79 Å². The Morgan fingerprint density at radius 3 is 2.84 bits per heavy atom. The van der Waals surface area contributed by atoms with E-state index in [2.05, 4.69) is 5.32 Å². The molecule has 0 unspecified atom stereocenters. The molecule has 0 saturated heterocycles. The van der Waals surface area contributed by atoms with Gasteiger partial charge in [-0.15, -0.1) is 0 Å². The van der Waals surface area contributed by atoms with Crippen LogP contribution >= 0.6 is 0 Å². The van der Waals surface area contributed by atoms with E-state index in [0.29, 0.717) is 29.3 Å². The van der Waals surface area contributed by atoms with Crippen LogP contribution in [0.2, 0.25) is 0 Å². The third-order valence-electron chi connectivity index (χ3n) is 2.85. The van der Waals surface area contributed by atoms with Crippen LogP contribution < -0.4 is 15.8 Å². The molecule has 0 aliphatic carbocycles. The number of methoxy groups -OCH3 is 1. The molecule has 1 amide bonds. The number of carbonyl (C=O) groups excluding carboxylic acids is 1. The van der Waals surface area contributed by atoms with Gasteiger partial charge in [0.25, 0.3) is 5.91 Å². The number of carbonyl (C=O) groups is 1. The predicted octanol–water partition coefficient (Wildman–Crippen LogP) is 2.11. The zero-order valence-corrected chi connectivity index (χ0v) is 10.9. The summed E-state index contributed by atoms with van der Waals surface area (Å²) in [6.45, 7) is 2.09. The zero-order valence-electron chi connectivity index (χ0n) is 10.9. The van der Waals surface area contributed by atoms with Gasteiger partial charge in [0.2, 0.25) is 0 Å². The van der Waals surface area contributed by atoms with Crippen LogP contribution in [0.1, 0.15) is 21.7 Å². The highest BCUT2D eigenvalue weighted by Gasteiger charge is 2.12. The molecule has 100 valence electrons. The van der Waals surface area contributed by atoms with Crippen molar-refractivity contribution in [3.05, 3.63) is 47.4 Å². The molecule has 0 atom stereocenters. The third-order valence-corrected chi connectivity index (χ3v) is 2.85. The second-order valence-corrected chi connectivity index (χ2v) is 4.14. The average molecular weight is 260 g/mol. The lowest BCUT2D eigenvalue weighted by Crippen LogP contribution is -2.23. The smallest absolute Gasteiger partial charge is 0.255 e. The highest BCUT2D eigenvalue weighted by atomic mass is 16.5. The van der Waals surface area contributed by atoms with Gasteiger partial charge < -0.3 is 20.2 Å². The van der Waals surface area contributed by atoms with E-state index in [9.17, 15) is 4.79 Å². The summed E-state index contributed by atoms with van der Waals surface area (Å²) in [4.78, 5) is 11.9. The van der Waals surface area contributed by atoms with Crippen LogP contribution in [0.15, 0.2) is 34.9 Å². The molecule has 1 aromatic carbocycles. The maximum Gasteiger partial charge on any atom is 0.255 e. The summed E-state index contributed by atoms with van der Waals surface area (Å²) < 4.78 is 10.3. The van der Waals surface area contributed by atoms with E-state index in [-0.39, 0.29) is 5.91 Å². The van der Waals surface area contributed by atoms with E-state index in [4.69, 9.17) is 14.9 Å². The van der Waals surface area contributed by atoms with Crippen LogP contribution in [-0.2, 0) is 6.54 Å². The van der Waals surface area contributed by atoms with Crippen molar-refractivity contribution >= 4 is 11.6 Å². The molecule has 2 rings (SSSR count). The van der Waals surface area contributed by atoms with Crippen molar-refractivity contribution in [2.45, 2.75) is 13.5 Å². The van der Waals surface area contributed by atoms with Gasteiger partial charge in [-0.2, -0.15) is 0 Å². The van der Waals surface area contributed by atoms with Crippen molar-refractivity contribution in [2.75, 3.05) is 12.8 Å². The Balaban J connectivity index is 2.09. The summed E-state index contributed by atoms with van der Waals surface area (Å²) in [7, 11) is 1.58. The maximum atomic E-state index is 11.9. The number of hydrogen-bond donors (Lipinski definition) is 2. The van der Waals surface area contributed by atoms with Gasteiger partial charge in [0.1, 0.15) is 11.5 Å². The molecular weight excluding hydrogens is 244 g/mol. The lowest BCUT2D eigenvalue weighted by atomic mass is 10.1. The van der Waals surface area contributed by atoms with Gasteiger partial charge in [-0.05, 0) is 31.2 Å². The van der Waals surface area contributed by atoms with E-state index in [1.54, 1.807) is 38.3 Å². The van der Waals surface area contributed by atoms with Crippen LogP contribution in [0.5, 0.6) is 5.75 Å². The molecule has 0 radical (unpaired) electrons. The first-order valence-corrected chi connectivity index (χ1v) is 5.86. The number of nitrogens with one attached hydrogen (secondary N) is 1. The number of furan rings is 1. The number of anilines is 1. The number of hydrogen-bond acceptors (Lipinski definition) is 4. The molecule has 0 fully saturated rings. The Hall–Kier alpha value is -2.43. The van der Waals surface area contributed by atoms with Crippen molar-refractivity contribution in [3.8, 4) is 5.75 Å². The highest BCUT2D eigenvalue weighted by Crippen LogP contribution is 2.21. The molecule has 5 nitrogen and oxygen atoms in total. The monoisotopic (exact) mass is 260 g/mol. The van der Waals surface area contributed by atoms with E-state index >= 15 is 0 Å². The van der Waals surface area contributed by atoms with E-state index in [1.165, 1.54) is 6.26 Å². The van der Waals surface area contributed by atoms with Crippen molar-refractivity contribution < 1.29 is 13.9 Å². The van der Waals surface area contributed by atoms with Gasteiger partial charge >= 0.3 is 0 Å². The van der Waals surface area contributed by atoms with Crippen LogP contribution in [-0.4, -0.2) is 13.0 Å². The fourth-order valence-electron chi connectivity index (χ4n) is 1.83. The number of amides is 1. The molecule has 5 heteroatoms. The Kier molecular flexibility index (Phi) is 3.75. The lowest BCUT2D eigenvalue weighted by molar-refractivity contribution is 0.0949. The Morgan fingerprint density at radius 1 is 1.42 bits per heavy atom. The number of rotatable bonds is 4. The van der Waals surface area contributed by atoms with Gasteiger partial charge in [0.05, 0.1) is 18.9 Å². The SMILES string of the molecule is COc1ccc(N)cc1CNC(=O)c1ccoc1C. The number of nitrogen functional groups attached to an aromatic ring is 1. The van der Waals surface area contributed by atoms with E-state index in [0.717, 1.165) is 5.56 Å². The van der Waals surface area contributed by atoms with Gasteiger partial charge in [0, 0.05) is 17.8 Å². The highest BCUT2D eigenvalue weighted by molar-refractivity contribution is 5.95. The molecule has 1 aromatic heterocycles. The minimum atomic E-state index is -0.185. The lowest BCUT2D eigenvalue weighted by Gasteiger charge is -2.10. The van der Waals surface area contributed by atoms with E-state index < -0.39 is 0 Å². The maximum absolute atomic E-state index is 11.9. The molecule has 3 N–H and O–H groups in total. The summed E-state index contributed by atoms with van der Waals surface area (Å²) in [5.74, 6) is 1.10. The van der Waals surface area contributed by atoms with Gasteiger partial charge in [0.15, 0.2) is 0 Å². The summed E-state index contributed by atoms with van der Waals surface area (Å²) in [6.07, 6.45) is 1.49. The fraction of sp³-hybridized carbons (Fsp3) is 0.214. The summed E-state index contributed by atoms with van der Waals surface area (Å²) >= 11 is 0. The topological polar surface area (TPSA) is 77.5 Å². The first kappa shape index (κ1) is 13.0. The number of ether oxygens (including phenoxy) is 1. The summed E-state index contributed by atoms with van der Waals surface area (Å²) in [6, 6.07) is 6.95. The predicted molar refractivity (Wildman–Crippen MR) is 72.0 cm³/mol. The van der Waals surface area contributed by atoms with Crippen molar-refractivity contribution in [1.82, 2.24) is 5.32 Å². The van der Waals surface area contributed by atoms with Crippen molar-refractivity contribution in [3.63, 3.8) is 0 Å². The first-order valence-electron chi connectivity index (χ1n) is 5.86. The molecular formula is C14H16N2O3. The minimum Gasteiger partial charge on any atom is -0.496 e. The Labute approximate surface area is 111 Å². The fourth-order valence-corrected chi connectivity index (χ4v) is 1.83. The molecule has 1 heterocycles. The normalized spacial score (nSPS) is 10.2. The number of aryl methyl sites for hydroxylation is 1. The zero-order chi connectivity index (χ0) is 13.8. The van der Waals surface area contributed by atoms with Crippen molar-refractivity contribution in [1.29, 1.82) is 0 Å². The molecule has 2 aromatic rings. The molecule has 0 spiro atoms. The number of nitrogens with two attached hydrogens (primary N) is 1. The minimum absolute atomic E-state index is 0.185. The Morgan fingerprint density at radius 2 is 2.21 bits per heavy atom. The van der Waals surface area contributed by atoms with Crippen LogP contribution in [0.3, 0.4) is 0 Å².